The first kappa shape index (κ1) is 30.0. The fourth-order valence-corrected chi connectivity index (χ4v) is 1.43. The molecule has 160 valence electrons. The second-order valence-corrected chi connectivity index (χ2v) is 4.54. The molecular weight excluding hydrogens is 338 g/mol. The maximum Gasteiger partial charge on any atom is 0.216 e. The number of carbonyl (C=O) groups is 1. The standard InChI is InChI=1S/C15H31NO6.2C2H6/c1-3-5-18-7-9-20-11-13-22-14-12-21-10-8-19-6-4-16-15(2)17;2*1-2/h3-14H2,1-2H3,(H,16,17);2*1-2H3. The molecule has 0 saturated heterocycles. The molecule has 0 spiro atoms. The molecule has 0 aliphatic carbocycles. The van der Waals surface area contributed by atoms with Gasteiger partial charge in [0.1, 0.15) is 0 Å². The summed E-state index contributed by atoms with van der Waals surface area (Å²) in [6.07, 6.45) is 1.03. The summed E-state index contributed by atoms with van der Waals surface area (Å²) in [7, 11) is 0. The van der Waals surface area contributed by atoms with E-state index in [9.17, 15) is 4.79 Å². The Morgan fingerprint density at radius 3 is 1.23 bits per heavy atom. The topological polar surface area (TPSA) is 75.2 Å². The highest BCUT2D eigenvalue weighted by atomic mass is 16.6. The van der Waals surface area contributed by atoms with E-state index in [2.05, 4.69) is 12.2 Å². The van der Waals surface area contributed by atoms with Crippen molar-refractivity contribution in [1.29, 1.82) is 0 Å². The summed E-state index contributed by atoms with van der Waals surface area (Å²) in [6, 6.07) is 0. The molecule has 0 atom stereocenters. The van der Waals surface area contributed by atoms with Crippen molar-refractivity contribution in [2.24, 2.45) is 0 Å². The van der Waals surface area contributed by atoms with E-state index in [1.54, 1.807) is 0 Å². The van der Waals surface area contributed by atoms with Crippen molar-refractivity contribution in [3.8, 4) is 0 Å². The molecule has 0 radical (unpaired) electrons. The monoisotopic (exact) mass is 381 g/mol. The van der Waals surface area contributed by atoms with Crippen LogP contribution in [0, 0.1) is 0 Å². The van der Waals surface area contributed by atoms with Gasteiger partial charge in [0.05, 0.1) is 59.5 Å². The molecule has 1 amide bonds. The Morgan fingerprint density at radius 2 is 0.923 bits per heavy atom. The maximum atomic E-state index is 10.6. The van der Waals surface area contributed by atoms with E-state index in [1.165, 1.54) is 6.92 Å². The predicted molar refractivity (Wildman–Crippen MR) is 106 cm³/mol. The van der Waals surface area contributed by atoms with Crippen LogP contribution in [0.4, 0.5) is 0 Å². The molecule has 0 rings (SSSR count). The smallest absolute Gasteiger partial charge is 0.216 e. The third kappa shape index (κ3) is 34.6. The molecule has 7 heteroatoms. The Hall–Kier alpha value is -0.730. The summed E-state index contributed by atoms with van der Waals surface area (Å²) in [5.41, 5.74) is 0. The summed E-state index contributed by atoms with van der Waals surface area (Å²) >= 11 is 0. The summed E-state index contributed by atoms with van der Waals surface area (Å²) in [6.45, 7) is 17.9. The van der Waals surface area contributed by atoms with E-state index < -0.39 is 0 Å². The van der Waals surface area contributed by atoms with Crippen molar-refractivity contribution >= 4 is 5.91 Å². The zero-order valence-corrected chi connectivity index (χ0v) is 17.9. The van der Waals surface area contributed by atoms with E-state index in [4.69, 9.17) is 23.7 Å². The Bertz CT molecular complexity index is 242. The minimum absolute atomic E-state index is 0.0468. The molecule has 0 heterocycles. The number of nitrogens with one attached hydrogen (secondary N) is 1. The van der Waals surface area contributed by atoms with Crippen LogP contribution < -0.4 is 5.32 Å². The lowest BCUT2D eigenvalue weighted by atomic mass is 10.5. The molecule has 0 unspecified atom stereocenters. The normalized spacial score (nSPS) is 9.62. The minimum atomic E-state index is -0.0468. The Labute approximate surface area is 161 Å². The average molecular weight is 382 g/mol. The van der Waals surface area contributed by atoms with Crippen molar-refractivity contribution in [2.75, 3.05) is 72.6 Å². The second kappa shape index (κ2) is 32.0. The molecule has 0 aliphatic heterocycles. The van der Waals surface area contributed by atoms with Gasteiger partial charge in [0.25, 0.3) is 0 Å². The summed E-state index contributed by atoms with van der Waals surface area (Å²) in [5.74, 6) is -0.0468. The van der Waals surface area contributed by atoms with Crippen LogP contribution in [0.5, 0.6) is 0 Å². The molecule has 0 bridgehead atoms. The molecule has 0 aliphatic rings. The zero-order chi connectivity index (χ0) is 20.3. The van der Waals surface area contributed by atoms with Crippen LogP contribution in [-0.2, 0) is 28.5 Å². The first-order valence-corrected chi connectivity index (χ1v) is 9.90. The first-order valence-electron chi connectivity index (χ1n) is 9.90. The van der Waals surface area contributed by atoms with Gasteiger partial charge in [-0.15, -0.1) is 0 Å². The van der Waals surface area contributed by atoms with Gasteiger partial charge in [-0.05, 0) is 6.42 Å². The number of hydrogen-bond donors (Lipinski definition) is 1. The molecule has 1 N–H and O–H groups in total. The van der Waals surface area contributed by atoms with Gasteiger partial charge in [-0.25, -0.2) is 0 Å². The zero-order valence-electron chi connectivity index (χ0n) is 17.9. The first-order chi connectivity index (χ1) is 12.8. The van der Waals surface area contributed by atoms with Crippen molar-refractivity contribution in [3.63, 3.8) is 0 Å². The summed E-state index contributed by atoms with van der Waals surface area (Å²) < 4.78 is 26.6. The molecule has 26 heavy (non-hydrogen) atoms. The summed E-state index contributed by atoms with van der Waals surface area (Å²) in [5, 5.41) is 2.65. The highest BCUT2D eigenvalue weighted by molar-refractivity contribution is 5.72. The minimum Gasteiger partial charge on any atom is -0.379 e. The number of hydrogen-bond acceptors (Lipinski definition) is 6. The van der Waals surface area contributed by atoms with E-state index in [-0.39, 0.29) is 5.91 Å². The van der Waals surface area contributed by atoms with Crippen LogP contribution in [0.15, 0.2) is 0 Å². The molecule has 7 nitrogen and oxygen atoms in total. The SMILES string of the molecule is CC.CC.CCCOCCOCCOCCOCCOCCNC(C)=O. The van der Waals surface area contributed by atoms with Crippen molar-refractivity contribution in [1.82, 2.24) is 5.32 Å². The van der Waals surface area contributed by atoms with Crippen LogP contribution in [0.2, 0.25) is 0 Å². The summed E-state index contributed by atoms with van der Waals surface area (Å²) in [4.78, 5) is 10.6. The highest BCUT2D eigenvalue weighted by Crippen LogP contribution is 1.84. The molecular formula is C19H43NO6. The second-order valence-electron chi connectivity index (χ2n) is 4.54. The van der Waals surface area contributed by atoms with Crippen LogP contribution in [-0.4, -0.2) is 78.5 Å². The van der Waals surface area contributed by atoms with E-state index >= 15 is 0 Å². The quantitative estimate of drug-likeness (QED) is 0.391. The van der Waals surface area contributed by atoms with Gasteiger partial charge < -0.3 is 29.0 Å². The van der Waals surface area contributed by atoms with Gasteiger partial charge >= 0.3 is 0 Å². The van der Waals surface area contributed by atoms with Crippen LogP contribution in [0.25, 0.3) is 0 Å². The van der Waals surface area contributed by atoms with E-state index in [1.807, 2.05) is 27.7 Å². The largest absolute Gasteiger partial charge is 0.379 e. The molecule has 0 aromatic rings. The van der Waals surface area contributed by atoms with Crippen LogP contribution in [0.1, 0.15) is 48.0 Å². The van der Waals surface area contributed by atoms with E-state index in [0.29, 0.717) is 66.0 Å². The Balaban J connectivity index is -0.00000123. The van der Waals surface area contributed by atoms with Crippen molar-refractivity contribution in [3.05, 3.63) is 0 Å². The maximum absolute atomic E-state index is 10.6. The van der Waals surface area contributed by atoms with Gasteiger partial charge in [-0.3, -0.25) is 4.79 Å². The highest BCUT2D eigenvalue weighted by Gasteiger charge is 1.94. The molecule has 0 fully saturated rings. The van der Waals surface area contributed by atoms with Gasteiger partial charge in [-0.1, -0.05) is 34.6 Å². The Kier molecular flexibility index (Phi) is 36.9. The number of ether oxygens (including phenoxy) is 5. The lowest BCUT2D eigenvalue weighted by Crippen LogP contribution is -2.25. The third-order valence-electron chi connectivity index (χ3n) is 2.46. The number of amides is 1. The average Bonchev–Trinajstić information content (AvgIpc) is 2.67. The van der Waals surface area contributed by atoms with E-state index in [0.717, 1.165) is 13.0 Å². The lowest BCUT2D eigenvalue weighted by molar-refractivity contribution is -0.119. The van der Waals surface area contributed by atoms with Crippen molar-refractivity contribution < 1.29 is 28.5 Å². The lowest BCUT2D eigenvalue weighted by Gasteiger charge is -2.08. The van der Waals surface area contributed by atoms with Crippen molar-refractivity contribution in [2.45, 2.75) is 48.0 Å². The van der Waals surface area contributed by atoms with Crippen LogP contribution in [0.3, 0.4) is 0 Å². The fraction of sp³-hybridized carbons (Fsp3) is 0.947. The fourth-order valence-electron chi connectivity index (χ4n) is 1.43. The van der Waals surface area contributed by atoms with Gasteiger partial charge in [0, 0.05) is 20.1 Å². The van der Waals surface area contributed by atoms with Crippen LogP contribution >= 0.6 is 0 Å². The van der Waals surface area contributed by atoms with Gasteiger partial charge in [0.15, 0.2) is 0 Å². The molecule has 0 saturated carbocycles. The molecule has 0 aromatic heterocycles. The van der Waals surface area contributed by atoms with Gasteiger partial charge in [0.2, 0.25) is 5.91 Å². The van der Waals surface area contributed by atoms with Gasteiger partial charge in [-0.2, -0.15) is 0 Å². The molecule has 0 aromatic carbocycles. The number of carbonyl (C=O) groups excluding carboxylic acids is 1. The Morgan fingerprint density at radius 1 is 0.615 bits per heavy atom. The predicted octanol–water partition coefficient (Wildman–Crippen LogP) is 2.67. The third-order valence-corrected chi connectivity index (χ3v) is 2.46. The number of rotatable bonds is 17.